The summed E-state index contributed by atoms with van der Waals surface area (Å²) in [7, 11) is 0. The Hall–Kier alpha value is 4.32. The van der Waals surface area contributed by atoms with E-state index in [0.29, 0.717) is 0 Å². The minimum atomic E-state index is 0. The summed E-state index contributed by atoms with van der Waals surface area (Å²) < 4.78 is 0. The topological polar surface area (TPSA) is 0 Å². The van der Waals surface area contributed by atoms with Crippen LogP contribution in [0.15, 0.2) is 0 Å². The van der Waals surface area contributed by atoms with E-state index in [1.165, 1.54) is 0 Å². The smallest absolute Gasteiger partial charge is 0 e. The Morgan fingerprint density at radius 3 is 0.333 bits per heavy atom. The van der Waals surface area contributed by atoms with Crippen LogP contribution < -0.4 is 0 Å². The van der Waals surface area contributed by atoms with Crippen molar-refractivity contribution in [2.24, 2.45) is 0 Å². The summed E-state index contributed by atoms with van der Waals surface area (Å²) in [6.07, 6.45) is 0. The molecule has 0 aliphatic heterocycles. The van der Waals surface area contributed by atoms with Crippen LogP contribution in [0, 0.1) is 0 Å². The summed E-state index contributed by atoms with van der Waals surface area (Å²) in [5.41, 5.74) is 0. The molecule has 0 saturated heterocycles. The maximum Gasteiger partial charge on any atom is 0 e. The van der Waals surface area contributed by atoms with Gasteiger partial charge in [-0.25, -0.2) is 0 Å². The number of rotatable bonds is 0. The molecule has 0 aliphatic carbocycles. The summed E-state index contributed by atoms with van der Waals surface area (Å²) in [6, 6.07) is 0. The zero-order chi connectivity index (χ0) is 0. The number of hydrogen-bond donors (Lipinski definition) is 0. The van der Waals surface area contributed by atoms with Crippen LogP contribution >= 0.6 is 0 Å². The third-order valence-electron chi connectivity index (χ3n) is 0. The van der Waals surface area contributed by atoms with E-state index in [2.05, 4.69) is 0 Å². The molecule has 0 heterocycles. The summed E-state index contributed by atoms with van der Waals surface area (Å²) >= 11 is 0. The molecule has 0 rings (SSSR count). The molecule has 0 N–H and O–H groups in total. The van der Waals surface area contributed by atoms with Gasteiger partial charge in [-0.05, 0) is 0 Å². The summed E-state index contributed by atoms with van der Waals surface area (Å²) in [4.78, 5) is 0. The third kappa shape index (κ3) is 23.9. The average Bonchev–Trinajstić information content (AvgIpc) is 0. The van der Waals surface area contributed by atoms with Crippen molar-refractivity contribution in [1.29, 1.82) is 0 Å². The zero-order valence-corrected chi connectivity index (χ0v) is 15.9. The molecule has 0 aromatic heterocycles. The largest absolute Gasteiger partial charge is 0 e. The predicted octanol–water partition coefficient (Wildman–Crippen LogP) is -0.0150. The van der Waals surface area contributed by atoms with Crippen molar-refractivity contribution in [2.75, 3.05) is 0 Å². The van der Waals surface area contributed by atoms with E-state index >= 15 is 0 Å². The Morgan fingerprint density at radius 1 is 0.333 bits per heavy atom. The van der Waals surface area contributed by atoms with Gasteiger partial charge in [-0.2, -0.15) is 0 Å². The van der Waals surface area contributed by atoms with Crippen molar-refractivity contribution < 1.29 is 132 Å². The van der Waals surface area contributed by atoms with Gasteiger partial charge in [0.15, 0.2) is 0 Å². The van der Waals surface area contributed by atoms with E-state index in [9.17, 15) is 0 Å². The molecule has 0 spiro atoms. The molecule has 0 radical (unpaired) electrons. The fourth-order valence-electron chi connectivity index (χ4n) is 0. The van der Waals surface area contributed by atoms with Crippen molar-refractivity contribution in [1.82, 2.24) is 0 Å². The maximum absolute atomic E-state index is 0. The quantitative estimate of drug-likeness (QED) is 0.321. The Labute approximate surface area is 129 Å². The number of hydrogen-bond acceptors (Lipinski definition) is 0. The van der Waals surface area contributed by atoms with Crippen LogP contribution in [0.3, 0.4) is 0 Å². The monoisotopic (exact) mass is 1060 g/mol. The molecule has 0 aromatic carbocycles. The van der Waals surface area contributed by atoms with Gasteiger partial charge in [0, 0.05) is 132 Å². The van der Waals surface area contributed by atoms with Crippen molar-refractivity contribution in [3.8, 4) is 0 Å². The van der Waals surface area contributed by atoms with Crippen LogP contribution in [0.1, 0.15) is 0 Å². The molecule has 54 valence electrons. The predicted molar refractivity (Wildman–Crippen MR) is 0 cm³/mol. The van der Waals surface area contributed by atoms with E-state index in [4.69, 9.17) is 0 Å². The summed E-state index contributed by atoms with van der Waals surface area (Å²) in [5, 5.41) is 0. The minimum absolute atomic E-state index is 0. The molecule has 0 amide bonds. The normalized spacial score (nSPS) is 0. The zero-order valence-electron chi connectivity index (χ0n) is 2.08. The van der Waals surface area contributed by atoms with Crippen molar-refractivity contribution in [3.05, 3.63) is 0 Å². The molecular weight excluding hydrogens is 1070 g/mol. The summed E-state index contributed by atoms with van der Waals surface area (Å²) in [5.74, 6) is 0. The van der Waals surface area contributed by atoms with Crippen LogP contribution in [0.2, 0.25) is 0 Å². The molecule has 0 saturated carbocycles. The van der Waals surface area contributed by atoms with Crippen LogP contribution in [-0.4, -0.2) is 0 Å². The maximum atomic E-state index is 0. The van der Waals surface area contributed by atoms with E-state index in [0.717, 1.165) is 0 Å². The van der Waals surface area contributed by atoms with Gasteiger partial charge in [0.25, 0.3) is 0 Å². The molecule has 6 heteroatoms. The Bertz CT molecular complexity index is 3.90. The van der Waals surface area contributed by atoms with Gasteiger partial charge in [0.05, 0.1) is 0 Å². The van der Waals surface area contributed by atoms with Crippen molar-refractivity contribution in [3.63, 3.8) is 0 Å². The fraction of sp³-hybridized carbons (Fsp3) is 0. The molecule has 0 atom stereocenters. The van der Waals surface area contributed by atoms with Gasteiger partial charge < -0.3 is 0 Å². The molecule has 0 aromatic rings. The Balaban J connectivity index is 0. The molecule has 0 bridgehead atoms. The molecule has 6 heavy (non-hydrogen) atoms. The first-order chi connectivity index (χ1) is 0. The van der Waals surface area contributed by atoms with E-state index in [-0.39, 0.29) is 132 Å². The van der Waals surface area contributed by atoms with Gasteiger partial charge in [0.1, 0.15) is 0 Å². The molecule has 0 fully saturated rings. The van der Waals surface area contributed by atoms with Crippen LogP contribution in [0.5, 0.6) is 0 Å². The average molecular weight is 1070 g/mol. The van der Waals surface area contributed by atoms with Gasteiger partial charge in [-0.3, -0.25) is 0 Å². The first-order valence-corrected chi connectivity index (χ1v) is 0. The molecule has 0 aliphatic rings. The van der Waals surface area contributed by atoms with Crippen LogP contribution in [-0.2, 0) is 132 Å². The second-order valence-electron chi connectivity index (χ2n) is 0. The summed E-state index contributed by atoms with van der Waals surface area (Å²) in [6.45, 7) is 0. The second kappa shape index (κ2) is 34.6. The van der Waals surface area contributed by atoms with Gasteiger partial charge in [0.2, 0.25) is 0 Å². The van der Waals surface area contributed by atoms with E-state index in [1.807, 2.05) is 0 Å². The van der Waals surface area contributed by atoms with Gasteiger partial charge >= 0.3 is 0 Å². The fourth-order valence-corrected chi connectivity index (χ4v) is 0. The molecule has 0 nitrogen and oxygen atoms in total. The standard InChI is InChI=1S/5Pt.Zr. The SMILES string of the molecule is [Pt].[Pt].[Pt].[Pt].[Pt].[Zr]. The third-order valence-corrected chi connectivity index (χ3v) is 0. The van der Waals surface area contributed by atoms with Gasteiger partial charge in [-0.1, -0.05) is 0 Å². The first kappa shape index (κ1) is 48.0. The van der Waals surface area contributed by atoms with Crippen molar-refractivity contribution in [2.45, 2.75) is 0 Å². The Kier molecular flexibility index (Phi) is 276. The van der Waals surface area contributed by atoms with Crippen LogP contribution in [0.25, 0.3) is 0 Å². The van der Waals surface area contributed by atoms with Gasteiger partial charge in [-0.15, -0.1) is 0 Å². The van der Waals surface area contributed by atoms with E-state index < -0.39 is 0 Å². The second-order valence-corrected chi connectivity index (χ2v) is 0. The molecular formula is Pt5Zr. The minimum Gasteiger partial charge on any atom is 0 e. The molecule has 0 unspecified atom stereocenters. The Morgan fingerprint density at radius 2 is 0.333 bits per heavy atom. The van der Waals surface area contributed by atoms with Crippen molar-refractivity contribution >= 4 is 0 Å². The first-order valence-electron chi connectivity index (χ1n) is 0. The van der Waals surface area contributed by atoms with E-state index in [1.54, 1.807) is 0 Å². The van der Waals surface area contributed by atoms with Crippen LogP contribution in [0.4, 0.5) is 0 Å².